The van der Waals surface area contributed by atoms with Crippen molar-refractivity contribution in [2.45, 2.75) is 103 Å². The molecule has 1 fully saturated rings. The van der Waals surface area contributed by atoms with Gasteiger partial charge in [0.05, 0.1) is 41.3 Å². The molecular weight excluding hydrogens is 668 g/mol. The van der Waals surface area contributed by atoms with Gasteiger partial charge in [-0.2, -0.15) is 0 Å². The summed E-state index contributed by atoms with van der Waals surface area (Å²) in [5, 5.41) is 2.03. The average Bonchev–Trinajstić information content (AvgIpc) is 3.62. The first-order chi connectivity index (χ1) is 19.5. The molecule has 0 saturated heterocycles. The van der Waals surface area contributed by atoms with Crippen LogP contribution >= 0.6 is 54.5 Å². The SMILES string of the molecule is CCCCCCOc1cc(Br)sc1-c1ccc(-c2sc(Br)cc2OCCCCCC)c2c1=NC1(CCCCC1)N=2. The second-order valence-corrected chi connectivity index (χ2v) is 15.8. The summed E-state index contributed by atoms with van der Waals surface area (Å²) in [6.07, 6.45) is 15.2. The minimum absolute atomic E-state index is 0.337. The van der Waals surface area contributed by atoms with E-state index < -0.39 is 0 Å². The quantitative estimate of drug-likeness (QED) is 0.157. The highest BCUT2D eigenvalue weighted by Crippen LogP contribution is 2.44. The Morgan fingerprint density at radius 1 is 0.700 bits per heavy atom. The smallest absolute Gasteiger partial charge is 0.151 e. The van der Waals surface area contributed by atoms with Crippen LogP contribution < -0.4 is 20.2 Å². The third-order valence-electron chi connectivity index (χ3n) is 7.78. The molecule has 1 saturated carbocycles. The van der Waals surface area contributed by atoms with E-state index in [1.165, 1.54) is 57.8 Å². The highest BCUT2D eigenvalue weighted by molar-refractivity contribution is 9.11. The van der Waals surface area contributed by atoms with E-state index in [1.807, 2.05) is 0 Å². The fraction of sp³-hybridized carbons (Fsp3) is 0.562. The van der Waals surface area contributed by atoms with E-state index in [9.17, 15) is 0 Å². The van der Waals surface area contributed by atoms with Crippen LogP contribution in [-0.2, 0) is 0 Å². The van der Waals surface area contributed by atoms with Crippen molar-refractivity contribution in [3.8, 4) is 32.4 Å². The summed E-state index contributed by atoms with van der Waals surface area (Å²) in [6.45, 7) is 5.96. The second kappa shape index (κ2) is 14.3. The van der Waals surface area contributed by atoms with Crippen molar-refractivity contribution in [1.29, 1.82) is 0 Å². The Balaban J connectivity index is 1.53. The van der Waals surface area contributed by atoms with Gasteiger partial charge in [0.1, 0.15) is 11.5 Å². The van der Waals surface area contributed by atoms with Crippen molar-refractivity contribution in [1.82, 2.24) is 0 Å². The Labute approximate surface area is 263 Å². The van der Waals surface area contributed by atoms with E-state index in [0.717, 1.165) is 89.6 Å². The molecule has 2 aromatic heterocycles. The molecule has 3 aromatic rings. The molecule has 1 spiro atoms. The van der Waals surface area contributed by atoms with Crippen LogP contribution in [0.15, 0.2) is 41.8 Å². The Bertz CT molecular complexity index is 1310. The lowest BCUT2D eigenvalue weighted by atomic mass is 9.90. The molecule has 2 aliphatic rings. The first-order valence-electron chi connectivity index (χ1n) is 15.0. The van der Waals surface area contributed by atoms with Crippen molar-refractivity contribution >= 4 is 54.5 Å². The molecule has 40 heavy (non-hydrogen) atoms. The Morgan fingerprint density at radius 3 is 1.62 bits per heavy atom. The highest BCUT2D eigenvalue weighted by Gasteiger charge is 2.35. The summed E-state index contributed by atoms with van der Waals surface area (Å²) in [5.41, 5.74) is 1.92. The molecule has 0 atom stereocenters. The Hall–Kier alpha value is -1.22. The summed E-state index contributed by atoms with van der Waals surface area (Å²) in [7, 11) is 0. The molecule has 1 aromatic carbocycles. The minimum atomic E-state index is -0.337. The fourth-order valence-electron chi connectivity index (χ4n) is 5.66. The van der Waals surface area contributed by atoms with E-state index in [2.05, 4.69) is 70.0 Å². The molecule has 3 heterocycles. The molecule has 4 nitrogen and oxygen atoms in total. The van der Waals surface area contributed by atoms with Crippen LogP contribution in [0.4, 0.5) is 0 Å². The maximum absolute atomic E-state index is 6.35. The van der Waals surface area contributed by atoms with E-state index in [-0.39, 0.29) is 5.66 Å². The molecule has 0 radical (unpaired) electrons. The monoisotopic (exact) mass is 706 g/mol. The zero-order valence-corrected chi connectivity index (χ0v) is 28.5. The number of hydrogen-bond acceptors (Lipinski definition) is 6. The van der Waals surface area contributed by atoms with Crippen molar-refractivity contribution in [2.75, 3.05) is 13.2 Å². The van der Waals surface area contributed by atoms with Crippen LogP contribution in [0.2, 0.25) is 0 Å². The molecule has 8 heteroatoms. The van der Waals surface area contributed by atoms with Crippen molar-refractivity contribution in [3.05, 3.63) is 42.6 Å². The van der Waals surface area contributed by atoms with Gasteiger partial charge >= 0.3 is 0 Å². The molecule has 216 valence electrons. The van der Waals surface area contributed by atoms with Crippen molar-refractivity contribution in [3.63, 3.8) is 0 Å². The summed E-state index contributed by atoms with van der Waals surface area (Å²) >= 11 is 10.9. The minimum Gasteiger partial charge on any atom is -0.492 e. The van der Waals surface area contributed by atoms with E-state index in [4.69, 9.17) is 19.5 Å². The van der Waals surface area contributed by atoms with Crippen molar-refractivity contribution < 1.29 is 9.47 Å². The lowest BCUT2D eigenvalue weighted by Crippen LogP contribution is -2.26. The van der Waals surface area contributed by atoms with Gasteiger partial charge in [-0.3, -0.25) is 9.98 Å². The molecule has 5 rings (SSSR count). The predicted octanol–water partition coefficient (Wildman–Crippen LogP) is 10.5. The number of thiophene rings is 2. The van der Waals surface area contributed by atoms with Crippen LogP contribution in [-0.4, -0.2) is 18.9 Å². The molecule has 0 amide bonds. The topological polar surface area (TPSA) is 43.2 Å². The summed E-state index contributed by atoms with van der Waals surface area (Å²) in [5.74, 6) is 1.89. The lowest BCUT2D eigenvalue weighted by Gasteiger charge is -2.27. The van der Waals surface area contributed by atoms with Crippen LogP contribution in [0.5, 0.6) is 11.5 Å². The third kappa shape index (κ3) is 7.04. The standard InChI is InChI=1S/C32H40Br2N2O2S2/c1-3-5-7-12-18-37-24-20-26(33)39-30(24)22-14-15-23(29-28(22)35-32(36-29)16-10-9-11-17-32)31-25(21-27(34)40-31)38-19-13-8-6-4-2/h14-15,20-21H,3-13,16-19H2,1-2H3. The molecule has 1 aliphatic carbocycles. The van der Waals surface area contributed by atoms with Gasteiger partial charge in [0.25, 0.3) is 0 Å². The Morgan fingerprint density at radius 2 is 1.18 bits per heavy atom. The van der Waals surface area contributed by atoms with Gasteiger partial charge in [0.2, 0.25) is 0 Å². The first kappa shape index (κ1) is 30.2. The number of ether oxygens (including phenoxy) is 2. The molecule has 1 aliphatic heterocycles. The van der Waals surface area contributed by atoms with Gasteiger partial charge in [0.15, 0.2) is 5.66 Å². The van der Waals surface area contributed by atoms with E-state index in [0.29, 0.717) is 0 Å². The third-order valence-corrected chi connectivity index (χ3v) is 11.1. The zero-order chi connectivity index (χ0) is 28.0. The number of halogens is 2. The van der Waals surface area contributed by atoms with Gasteiger partial charge in [0, 0.05) is 23.3 Å². The van der Waals surface area contributed by atoms with Gasteiger partial charge in [-0.05, 0) is 70.4 Å². The van der Waals surface area contributed by atoms with Crippen LogP contribution in [0.25, 0.3) is 20.9 Å². The number of nitrogens with zero attached hydrogens (tertiary/aromatic N) is 2. The second-order valence-electron chi connectivity index (χ2n) is 10.9. The summed E-state index contributed by atoms with van der Waals surface area (Å²) in [4.78, 5) is 13.1. The largest absolute Gasteiger partial charge is 0.492 e. The van der Waals surface area contributed by atoms with Crippen LogP contribution in [0.1, 0.15) is 97.3 Å². The predicted molar refractivity (Wildman–Crippen MR) is 176 cm³/mol. The van der Waals surface area contributed by atoms with Gasteiger partial charge in [-0.15, -0.1) is 22.7 Å². The average molecular weight is 709 g/mol. The van der Waals surface area contributed by atoms with Gasteiger partial charge in [-0.1, -0.05) is 70.9 Å². The maximum Gasteiger partial charge on any atom is 0.151 e. The Kier molecular flexibility index (Phi) is 10.8. The zero-order valence-electron chi connectivity index (χ0n) is 23.7. The molecule has 0 unspecified atom stereocenters. The number of hydrogen-bond donors (Lipinski definition) is 0. The van der Waals surface area contributed by atoms with Gasteiger partial charge < -0.3 is 9.47 Å². The number of benzene rings is 1. The molecule has 0 bridgehead atoms. The molecular formula is C32H40Br2N2O2S2. The summed E-state index contributed by atoms with van der Waals surface area (Å²) < 4.78 is 14.9. The van der Waals surface area contributed by atoms with Crippen LogP contribution in [0.3, 0.4) is 0 Å². The van der Waals surface area contributed by atoms with Crippen molar-refractivity contribution in [2.24, 2.45) is 9.98 Å². The first-order valence-corrected chi connectivity index (χ1v) is 18.2. The van der Waals surface area contributed by atoms with E-state index >= 15 is 0 Å². The number of fused-ring (bicyclic) bond motifs is 1. The number of unbranched alkanes of at least 4 members (excludes halogenated alkanes) is 6. The maximum atomic E-state index is 6.35. The van der Waals surface area contributed by atoms with Crippen LogP contribution in [0, 0.1) is 0 Å². The van der Waals surface area contributed by atoms with Gasteiger partial charge in [-0.25, -0.2) is 0 Å². The lowest BCUT2D eigenvalue weighted by molar-refractivity contribution is 0.306. The number of rotatable bonds is 14. The van der Waals surface area contributed by atoms with E-state index in [1.54, 1.807) is 22.7 Å². The summed E-state index contributed by atoms with van der Waals surface area (Å²) in [6, 6.07) is 8.69. The normalized spacial score (nSPS) is 15.6. The fourth-order valence-corrected chi connectivity index (χ4v) is 8.75. The highest BCUT2D eigenvalue weighted by atomic mass is 79.9. The molecule has 0 N–H and O–H groups in total.